The number of nitrogens with zero attached hydrogens (tertiary/aromatic N) is 4. The first kappa shape index (κ1) is 21.4. The summed E-state index contributed by atoms with van der Waals surface area (Å²) in [6.45, 7) is 6.20. The number of hydrogen-bond acceptors (Lipinski definition) is 5. The van der Waals surface area contributed by atoms with E-state index in [0.29, 0.717) is 18.1 Å². The van der Waals surface area contributed by atoms with Crippen molar-refractivity contribution in [1.82, 2.24) is 25.0 Å². The maximum absolute atomic E-state index is 12.3. The number of aryl methyl sites for hydroxylation is 2. The van der Waals surface area contributed by atoms with Crippen molar-refractivity contribution in [3.05, 3.63) is 35.7 Å². The van der Waals surface area contributed by atoms with Gasteiger partial charge in [0.2, 0.25) is 11.8 Å². The molecule has 1 aliphatic heterocycles. The minimum absolute atomic E-state index is 0.103. The Bertz CT molecular complexity index is 843. The molecule has 0 bridgehead atoms. The molecule has 2 aromatic rings. The summed E-state index contributed by atoms with van der Waals surface area (Å²) in [4.78, 5) is 26.4. The number of carbonyl (C=O) groups excluding carboxylic acids is 2. The highest BCUT2D eigenvalue weighted by Crippen LogP contribution is 2.21. The molecule has 0 atom stereocenters. The summed E-state index contributed by atoms with van der Waals surface area (Å²) in [5.74, 6) is 0.268. The zero-order valence-corrected chi connectivity index (χ0v) is 18.0. The second kappa shape index (κ2) is 10.4. The molecular weight excluding hydrogens is 386 g/mol. The van der Waals surface area contributed by atoms with Crippen molar-refractivity contribution in [2.45, 2.75) is 51.1 Å². The van der Waals surface area contributed by atoms with Gasteiger partial charge in [-0.2, -0.15) is 0 Å². The highest BCUT2D eigenvalue weighted by atomic mass is 32.2. The zero-order chi connectivity index (χ0) is 20.6. The number of likely N-dealkylation sites (tertiary alicyclic amines) is 1. The van der Waals surface area contributed by atoms with Gasteiger partial charge in [0.25, 0.3) is 0 Å². The number of carbonyl (C=O) groups is 2. The van der Waals surface area contributed by atoms with Gasteiger partial charge in [-0.1, -0.05) is 30.7 Å². The lowest BCUT2D eigenvalue weighted by molar-refractivity contribution is -0.131. The van der Waals surface area contributed by atoms with Crippen LogP contribution in [0.1, 0.15) is 43.2 Å². The lowest BCUT2D eigenvalue weighted by Gasteiger charge is -2.20. The second-order valence-electron chi connectivity index (χ2n) is 7.44. The van der Waals surface area contributed by atoms with Crippen molar-refractivity contribution in [2.24, 2.45) is 0 Å². The Hall–Kier alpha value is -2.35. The molecule has 0 saturated carbocycles. The molecule has 1 aromatic carbocycles. The van der Waals surface area contributed by atoms with Crippen LogP contribution in [0.5, 0.6) is 0 Å². The monoisotopic (exact) mass is 415 g/mol. The van der Waals surface area contributed by atoms with Crippen LogP contribution >= 0.6 is 11.8 Å². The molecule has 7 nitrogen and oxygen atoms in total. The molecule has 0 aliphatic carbocycles. The molecule has 1 aliphatic rings. The van der Waals surface area contributed by atoms with Crippen LogP contribution in [-0.2, 0) is 9.59 Å². The van der Waals surface area contributed by atoms with Gasteiger partial charge in [0, 0.05) is 31.7 Å². The molecule has 29 heavy (non-hydrogen) atoms. The third-order valence-electron chi connectivity index (χ3n) is 5.24. The maximum Gasteiger partial charge on any atom is 0.230 e. The molecule has 2 heterocycles. The van der Waals surface area contributed by atoms with Crippen molar-refractivity contribution in [2.75, 3.05) is 25.4 Å². The molecule has 156 valence electrons. The van der Waals surface area contributed by atoms with Crippen LogP contribution in [0.4, 0.5) is 0 Å². The third-order valence-corrected chi connectivity index (χ3v) is 6.18. The van der Waals surface area contributed by atoms with Crippen LogP contribution in [0.3, 0.4) is 0 Å². The van der Waals surface area contributed by atoms with Crippen molar-refractivity contribution in [1.29, 1.82) is 0 Å². The van der Waals surface area contributed by atoms with Gasteiger partial charge in [-0.3, -0.25) is 14.2 Å². The minimum Gasteiger partial charge on any atom is -0.355 e. The SMILES string of the molecule is Cc1ccc(-n2cnnc2SCC(=O)NCCC(=O)N2CCCCCC2)cc1C. The van der Waals surface area contributed by atoms with Gasteiger partial charge in [0.05, 0.1) is 5.75 Å². The molecule has 1 fully saturated rings. The molecule has 3 rings (SSSR count). The first-order chi connectivity index (χ1) is 14.0. The number of benzene rings is 1. The second-order valence-corrected chi connectivity index (χ2v) is 8.38. The minimum atomic E-state index is -0.103. The van der Waals surface area contributed by atoms with E-state index in [2.05, 4.69) is 41.5 Å². The third kappa shape index (κ3) is 6.06. The van der Waals surface area contributed by atoms with E-state index in [1.807, 2.05) is 15.5 Å². The average Bonchev–Trinajstić information content (AvgIpc) is 3.00. The molecule has 0 spiro atoms. The van der Waals surface area contributed by atoms with Crippen molar-refractivity contribution in [3.63, 3.8) is 0 Å². The summed E-state index contributed by atoms with van der Waals surface area (Å²) in [6.07, 6.45) is 6.57. The molecule has 0 radical (unpaired) electrons. The van der Waals surface area contributed by atoms with Crippen LogP contribution < -0.4 is 5.32 Å². The molecule has 0 unspecified atom stereocenters. The summed E-state index contributed by atoms with van der Waals surface area (Å²) < 4.78 is 1.88. The number of thioether (sulfide) groups is 1. The van der Waals surface area contributed by atoms with Gasteiger partial charge < -0.3 is 10.2 Å². The standard InChI is InChI=1S/C21H29N5O2S/c1-16-7-8-18(13-17(16)2)26-15-23-24-21(26)29-14-19(27)22-10-9-20(28)25-11-5-3-4-6-12-25/h7-8,13,15H,3-6,9-12,14H2,1-2H3,(H,22,27). The van der Waals surface area contributed by atoms with Gasteiger partial charge >= 0.3 is 0 Å². The fraction of sp³-hybridized carbons (Fsp3) is 0.524. The van der Waals surface area contributed by atoms with Crippen LogP contribution in [-0.4, -0.2) is 56.9 Å². The van der Waals surface area contributed by atoms with E-state index < -0.39 is 0 Å². The van der Waals surface area contributed by atoms with E-state index in [4.69, 9.17) is 0 Å². The van der Waals surface area contributed by atoms with Crippen LogP contribution in [0.2, 0.25) is 0 Å². The number of rotatable bonds is 7. The Morgan fingerprint density at radius 3 is 2.59 bits per heavy atom. The predicted molar refractivity (Wildman–Crippen MR) is 114 cm³/mol. The smallest absolute Gasteiger partial charge is 0.230 e. The summed E-state index contributed by atoms with van der Waals surface area (Å²) in [5.41, 5.74) is 3.40. The van der Waals surface area contributed by atoms with Crippen molar-refractivity contribution >= 4 is 23.6 Å². The first-order valence-electron chi connectivity index (χ1n) is 10.2. The maximum atomic E-state index is 12.3. The number of nitrogens with one attached hydrogen (secondary N) is 1. The van der Waals surface area contributed by atoms with Gasteiger partial charge in [0.1, 0.15) is 6.33 Å². The molecule has 1 saturated heterocycles. The zero-order valence-electron chi connectivity index (χ0n) is 17.2. The summed E-state index contributed by atoms with van der Waals surface area (Å²) in [5, 5.41) is 11.6. The van der Waals surface area contributed by atoms with Crippen molar-refractivity contribution < 1.29 is 9.59 Å². The fourth-order valence-electron chi connectivity index (χ4n) is 3.34. The highest BCUT2D eigenvalue weighted by molar-refractivity contribution is 7.99. The average molecular weight is 416 g/mol. The Morgan fingerprint density at radius 2 is 1.86 bits per heavy atom. The van der Waals surface area contributed by atoms with E-state index in [1.165, 1.54) is 35.7 Å². The van der Waals surface area contributed by atoms with Gasteiger partial charge in [-0.05, 0) is 49.9 Å². The lowest BCUT2D eigenvalue weighted by Crippen LogP contribution is -2.35. The van der Waals surface area contributed by atoms with E-state index in [9.17, 15) is 9.59 Å². The van der Waals surface area contributed by atoms with E-state index in [1.54, 1.807) is 6.33 Å². The number of aromatic nitrogens is 3. The molecule has 2 amide bonds. The Morgan fingerprint density at radius 1 is 1.10 bits per heavy atom. The highest BCUT2D eigenvalue weighted by Gasteiger charge is 2.16. The van der Waals surface area contributed by atoms with Crippen LogP contribution in [0, 0.1) is 13.8 Å². The quantitative estimate of drug-likeness (QED) is 0.704. The van der Waals surface area contributed by atoms with E-state index in [-0.39, 0.29) is 17.6 Å². The summed E-state index contributed by atoms with van der Waals surface area (Å²) >= 11 is 1.34. The molecule has 1 aromatic heterocycles. The summed E-state index contributed by atoms with van der Waals surface area (Å²) in [6, 6.07) is 6.16. The van der Waals surface area contributed by atoms with Crippen LogP contribution in [0.15, 0.2) is 29.7 Å². The lowest BCUT2D eigenvalue weighted by atomic mass is 10.1. The molecule has 1 N–H and O–H groups in total. The Balaban J connectivity index is 1.45. The van der Waals surface area contributed by atoms with Crippen molar-refractivity contribution in [3.8, 4) is 5.69 Å². The first-order valence-corrected chi connectivity index (χ1v) is 11.2. The van der Waals surface area contributed by atoms with E-state index >= 15 is 0 Å². The van der Waals surface area contributed by atoms with Gasteiger partial charge in [-0.25, -0.2) is 0 Å². The number of hydrogen-bond donors (Lipinski definition) is 1. The molecule has 8 heteroatoms. The van der Waals surface area contributed by atoms with Gasteiger partial charge in [-0.15, -0.1) is 10.2 Å². The normalized spacial score (nSPS) is 14.5. The summed E-state index contributed by atoms with van der Waals surface area (Å²) in [7, 11) is 0. The number of amides is 2. The Kier molecular flexibility index (Phi) is 7.69. The molecular formula is C21H29N5O2S. The van der Waals surface area contributed by atoms with E-state index in [0.717, 1.165) is 31.6 Å². The largest absolute Gasteiger partial charge is 0.355 e. The fourth-order valence-corrected chi connectivity index (χ4v) is 4.10. The Labute approximate surface area is 176 Å². The van der Waals surface area contributed by atoms with Gasteiger partial charge in [0.15, 0.2) is 5.16 Å². The predicted octanol–water partition coefficient (Wildman–Crippen LogP) is 2.89. The topological polar surface area (TPSA) is 80.1 Å². The van der Waals surface area contributed by atoms with Crippen LogP contribution in [0.25, 0.3) is 5.69 Å².